The molecule has 0 bridgehead atoms. The van der Waals surface area contributed by atoms with Crippen LogP contribution < -0.4 is 0 Å². The second-order valence-electron chi connectivity index (χ2n) is 4.14. The lowest BCUT2D eigenvalue weighted by molar-refractivity contribution is 0.558. The number of aromatic nitrogens is 1. The summed E-state index contributed by atoms with van der Waals surface area (Å²) < 4.78 is 4.47. The van der Waals surface area contributed by atoms with Crippen LogP contribution in [0.5, 0.6) is 0 Å². The number of oxazole rings is 1. The lowest BCUT2D eigenvalue weighted by Crippen LogP contribution is -1.91. The highest BCUT2D eigenvalue weighted by molar-refractivity contribution is 5.94. The average Bonchev–Trinajstić information content (AvgIpc) is 2.99. The Morgan fingerprint density at radius 3 is 2.67 bits per heavy atom. The molecule has 1 aliphatic rings. The topological polar surface area (TPSA) is 26.0 Å². The van der Waals surface area contributed by atoms with Crippen LogP contribution >= 0.6 is 0 Å². The van der Waals surface area contributed by atoms with Gasteiger partial charge in [0.2, 0.25) is 0 Å². The Morgan fingerprint density at radius 2 is 1.94 bits per heavy atom. The van der Waals surface area contributed by atoms with E-state index in [-0.39, 0.29) is 0 Å². The van der Waals surface area contributed by atoms with E-state index < -0.39 is 0 Å². The van der Waals surface area contributed by atoms with Crippen LogP contribution in [0.2, 0.25) is 0 Å². The van der Waals surface area contributed by atoms with Gasteiger partial charge in [0.25, 0.3) is 0 Å². The van der Waals surface area contributed by atoms with Gasteiger partial charge in [0.1, 0.15) is 6.26 Å². The van der Waals surface area contributed by atoms with E-state index in [4.69, 9.17) is 0 Å². The zero-order valence-corrected chi connectivity index (χ0v) is 9.91. The van der Waals surface area contributed by atoms with Crippen LogP contribution in [0.4, 0.5) is 0 Å². The maximum Gasteiger partial charge on any atom is 0.180 e. The van der Waals surface area contributed by atoms with Gasteiger partial charge in [-0.15, -0.1) is 0 Å². The molecule has 2 aromatic carbocycles. The Bertz CT molecular complexity index is 646. The number of hydrogen-bond donors (Lipinski definition) is 0. The van der Waals surface area contributed by atoms with Gasteiger partial charge in [0.15, 0.2) is 6.39 Å². The summed E-state index contributed by atoms with van der Waals surface area (Å²) >= 11 is 0. The molecule has 1 aromatic heterocycles. The summed E-state index contributed by atoms with van der Waals surface area (Å²) in [5.74, 6) is 0. The SMILES string of the molecule is C1=Cc2cccc3cccc(c23)C1.c1cocn1. The minimum Gasteiger partial charge on any atom is -0.452 e. The molecule has 0 atom stereocenters. The first-order valence-electron chi connectivity index (χ1n) is 5.94. The monoisotopic (exact) mass is 235 g/mol. The molecule has 0 saturated heterocycles. The molecular formula is C16H13NO. The third-order valence-electron chi connectivity index (χ3n) is 3.01. The fraction of sp³-hybridized carbons (Fsp3) is 0.0625. The van der Waals surface area contributed by atoms with Gasteiger partial charge in [-0.3, -0.25) is 0 Å². The predicted octanol–water partition coefficient (Wildman–Crippen LogP) is 4.08. The van der Waals surface area contributed by atoms with Crippen LogP contribution in [0.15, 0.2) is 65.7 Å². The van der Waals surface area contributed by atoms with Gasteiger partial charge >= 0.3 is 0 Å². The van der Waals surface area contributed by atoms with E-state index in [1.165, 1.54) is 34.6 Å². The van der Waals surface area contributed by atoms with Crippen molar-refractivity contribution in [1.82, 2.24) is 4.98 Å². The molecular weight excluding hydrogens is 222 g/mol. The molecule has 3 aromatic rings. The van der Waals surface area contributed by atoms with E-state index in [1.54, 1.807) is 6.20 Å². The van der Waals surface area contributed by atoms with Gasteiger partial charge in [0.05, 0.1) is 6.20 Å². The van der Waals surface area contributed by atoms with Crippen molar-refractivity contribution in [2.75, 3.05) is 0 Å². The Labute approximate surface area is 106 Å². The first-order chi connectivity index (χ1) is 8.95. The van der Waals surface area contributed by atoms with Crippen LogP contribution in [0.3, 0.4) is 0 Å². The summed E-state index contributed by atoms with van der Waals surface area (Å²) in [4.78, 5) is 3.56. The maximum absolute atomic E-state index is 4.47. The summed E-state index contributed by atoms with van der Waals surface area (Å²) in [6.45, 7) is 0. The van der Waals surface area contributed by atoms with Crippen molar-refractivity contribution < 1.29 is 4.42 Å². The van der Waals surface area contributed by atoms with Crippen molar-refractivity contribution in [3.8, 4) is 0 Å². The standard InChI is InChI=1S/C13H10.C3H3NO/c1-4-10-6-2-8-12-9-3-7-11(5-1)13(10)12;1-2-5-3-4-1/h1-8H,9H2;1-3H. The Balaban J connectivity index is 0.000000169. The van der Waals surface area contributed by atoms with Crippen molar-refractivity contribution in [2.45, 2.75) is 6.42 Å². The lowest BCUT2D eigenvalue weighted by atomic mass is 9.93. The molecule has 0 spiro atoms. The zero-order chi connectivity index (χ0) is 12.2. The number of hydrogen-bond acceptors (Lipinski definition) is 2. The number of benzene rings is 2. The quantitative estimate of drug-likeness (QED) is 0.586. The molecule has 4 rings (SSSR count). The summed E-state index contributed by atoms with van der Waals surface area (Å²) in [5.41, 5.74) is 2.81. The van der Waals surface area contributed by atoms with E-state index in [0.717, 1.165) is 6.42 Å². The van der Waals surface area contributed by atoms with E-state index in [0.29, 0.717) is 0 Å². The highest BCUT2D eigenvalue weighted by Gasteiger charge is 2.06. The molecule has 0 aliphatic heterocycles. The Hall–Kier alpha value is -2.35. The van der Waals surface area contributed by atoms with Crippen LogP contribution in [-0.4, -0.2) is 4.98 Å². The first-order valence-corrected chi connectivity index (χ1v) is 5.94. The predicted molar refractivity (Wildman–Crippen MR) is 73.2 cm³/mol. The molecule has 1 heterocycles. The fourth-order valence-electron chi connectivity index (χ4n) is 2.25. The first kappa shape index (κ1) is 10.8. The van der Waals surface area contributed by atoms with Crippen LogP contribution in [0.1, 0.15) is 11.1 Å². The number of allylic oxidation sites excluding steroid dienone is 1. The van der Waals surface area contributed by atoms with Gasteiger partial charge in [-0.2, -0.15) is 0 Å². The molecule has 0 fully saturated rings. The Kier molecular flexibility index (Phi) is 2.92. The molecule has 2 heteroatoms. The molecule has 0 radical (unpaired) electrons. The van der Waals surface area contributed by atoms with Crippen LogP contribution in [0, 0.1) is 0 Å². The lowest BCUT2D eigenvalue weighted by Gasteiger charge is -2.11. The van der Waals surface area contributed by atoms with Crippen LogP contribution in [0.25, 0.3) is 16.8 Å². The molecule has 0 unspecified atom stereocenters. The minimum atomic E-state index is 1.08. The molecule has 2 nitrogen and oxygen atoms in total. The number of nitrogens with zero attached hydrogens (tertiary/aromatic N) is 1. The second kappa shape index (κ2) is 4.88. The van der Waals surface area contributed by atoms with E-state index in [2.05, 4.69) is 58.0 Å². The fourth-order valence-corrected chi connectivity index (χ4v) is 2.25. The van der Waals surface area contributed by atoms with Crippen molar-refractivity contribution in [2.24, 2.45) is 0 Å². The van der Waals surface area contributed by atoms with Crippen molar-refractivity contribution in [1.29, 1.82) is 0 Å². The van der Waals surface area contributed by atoms with E-state index >= 15 is 0 Å². The summed E-state index contributed by atoms with van der Waals surface area (Å²) in [5, 5.41) is 2.80. The molecule has 0 N–H and O–H groups in total. The second-order valence-corrected chi connectivity index (χ2v) is 4.14. The van der Waals surface area contributed by atoms with Crippen molar-refractivity contribution >= 4 is 16.8 Å². The average molecular weight is 235 g/mol. The summed E-state index contributed by atoms with van der Waals surface area (Å²) in [6, 6.07) is 13.0. The number of rotatable bonds is 0. The summed E-state index contributed by atoms with van der Waals surface area (Å²) in [6.07, 6.45) is 10.0. The molecule has 88 valence electrons. The van der Waals surface area contributed by atoms with E-state index in [9.17, 15) is 0 Å². The third-order valence-corrected chi connectivity index (χ3v) is 3.01. The van der Waals surface area contributed by atoms with Gasteiger partial charge in [-0.25, -0.2) is 4.98 Å². The highest BCUT2D eigenvalue weighted by Crippen LogP contribution is 2.27. The molecule has 18 heavy (non-hydrogen) atoms. The molecule has 1 aliphatic carbocycles. The van der Waals surface area contributed by atoms with Crippen molar-refractivity contribution in [3.05, 3.63) is 72.5 Å². The highest BCUT2D eigenvalue weighted by atomic mass is 16.3. The normalized spacial score (nSPS) is 12.0. The Morgan fingerprint density at radius 1 is 1.06 bits per heavy atom. The van der Waals surface area contributed by atoms with Gasteiger partial charge in [-0.05, 0) is 28.3 Å². The van der Waals surface area contributed by atoms with Gasteiger partial charge in [-0.1, -0.05) is 48.6 Å². The smallest absolute Gasteiger partial charge is 0.180 e. The summed E-state index contributed by atoms with van der Waals surface area (Å²) in [7, 11) is 0. The van der Waals surface area contributed by atoms with Crippen LogP contribution in [-0.2, 0) is 6.42 Å². The van der Waals surface area contributed by atoms with E-state index in [1.807, 2.05) is 0 Å². The minimum absolute atomic E-state index is 1.08. The molecule has 0 saturated carbocycles. The molecule has 0 amide bonds. The van der Waals surface area contributed by atoms with Crippen molar-refractivity contribution in [3.63, 3.8) is 0 Å². The third kappa shape index (κ3) is 2.05. The maximum atomic E-state index is 4.47. The largest absolute Gasteiger partial charge is 0.452 e. The van der Waals surface area contributed by atoms with Gasteiger partial charge in [0, 0.05) is 0 Å². The van der Waals surface area contributed by atoms with Gasteiger partial charge < -0.3 is 4.42 Å². The zero-order valence-electron chi connectivity index (χ0n) is 9.91.